The fraction of sp³-hybridized carbons (Fsp3) is 0.174. The molecule has 0 fully saturated rings. The largest absolute Gasteiger partial charge is 0.497 e. The Morgan fingerprint density at radius 1 is 0.700 bits per heavy atom. The number of ketones is 1. The monoisotopic (exact) mass is 402 g/mol. The molecule has 0 unspecified atom stereocenters. The van der Waals surface area contributed by atoms with E-state index in [0.29, 0.717) is 24.5 Å². The standard InChI is InChI=1S/C23H22N4O3/c1-29-19-7-3-17(4-8-19)15-26-21(11-13-24-26)23(28)22-12-14-25-27(22)16-18-5-9-20(30-2)10-6-18/h3-14H,15-16H2,1-2H3. The van der Waals surface area contributed by atoms with Crippen LogP contribution in [0, 0.1) is 0 Å². The molecule has 0 spiro atoms. The van der Waals surface area contributed by atoms with Crippen LogP contribution in [0.4, 0.5) is 0 Å². The lowest BCUT2D eigenvalue weighted by atomic mass is 10.1. The van der Waals surface area contributed by atoms with Crippen LogP contribution in [0.5, 0.6) is 11.5 Å². The third-order valence-corrected chi connectivity index (χ3v) is 4.88. The summed E-state index contributed by atoms with van der Waals surface area (Å²) in [6.07, 6.45) is 3.28. The normalized spacial score (nSPS) is 10.7. The Balaban J connectivity index is 1.54. The van der Waals surface area contributed by atoms with Gasteiger partial charge in [0.2, 0.25) is 5.78 Å². The highest BCUT2D eigenvalue weighted by atomic mass is 16.5. The summed E-state index contributed by atoms with van der Waals surface area (Å²) >= 11 is 0. The molecule has 7 nitrogen and oxygen atoms in total. The zero-order valence-corrected chi connectivity index (χ0v) is 16.9. The number of aromatic nitrogens is 4. The van der Waals surface area contributed by atoms with Crippen LogP contribution in [-0.4, -0.2) is 39.6 Å². The van der Waals surface area contributed by atoms with E-state index in [0.717, 1.165) is 22.6 Å². The lowest BCUT2D eigenvalue weighted by Crippen LogP contribution is -2.17. The number of hydrogen-bond acceptors (Lipinski definition) is 5. The number of hydrogen-bond donors (Lipinski definition) is 0. The molecule has 152 valence electrons. The molecule has 7 heteroatoms. The van der Waals surface area contributed by atoms with Crippen molar-refractivity contribution in [3.63, 3.8) is 0 Å². The van der Waals surface area contributed by atoms with Crippen molar-refractivity contribution >= 4 is 5.78 Å². The minimum absolute atomic E-state index is 0.118. The average Bonchev–Trinajstić information content (AvgIpc) is 3.44. The van der Waals surface area contributed by atoms with Crippen LogP contribution in [0.1, 0.15) is 27.3 Å². The molecule has 0 bridgehead atoms. The highest BCUT2D eigenvalue weighted by Crippen LogP contribution is 2.17. The number of nitrogens with zero attached hydrogens (tertiary/aromatic N) is 4. The second kappa shape index (κ2) is 8.65. The van der Waals surface area contributed by atoms with Gasteiger partial charge in [0.15, 0.2) is 0 Å². The van der Waals surface area contributed by atoms with E-state index in [4.69, 9.17) is 9.47 Å². The van der Waals surface area contributed by atoms with Crippen LogP contribution < -0.4 is 9.47 Å². The molecule has 2 aromatic heterocycles. The number of carbonyl (C=O) groups excluding carboxylic acids is 1. The first-order valence-corrected chi connectivity index (χ1v) is 9.52. The van der Waals surface area contributed by atoms with E-state index < -0.39 is 0 Å². The number of carbonyl (C=O) groups is 1. The van der Waals surface area contributed by atoms with E-state index in [1.54, 1.807) is 48.1 Å². The molecule has 0 aliphatic carbocycles. The molecule has 4 rings (SSSR count). The molecular formula is C23H22N4O3. The predicted octanol–water partition coefficient (Wildman–Crippen LogP) is 3.42. The maximum absolute atomic E-state index is 13.2. The number of rotatable bonds is 8. The fourth-order valence-corrected chi connectivity index (χ4v) is 3.24. The van der Waals surface area contributed by atoms with E-state index in [9.17, 15) is 4.79 Å². The minimum atomic E-state index is -0.118. The van der Waals surface area contributed by atoms with Crippen LogP contribution >= 0.6 is 0 Å². The minimum Gasteiger partial charge on any atom is -0.497 e. The van der Waals surface area contributed by atoms with Crippen molar-refractivity contribution in [2.75, 3.05) is 14.2 Å². The Labute approximate surface area is 174 Å². The number of benzene rings is 2. The van der Waals surface area contributed by atoms with Gasteiger partial charge in [0.25, 0.3) is 0 Å². The second-order valence-corrected chi connectivity index (χ2v) is 6.77. The van der Waals surface area contributed by atoms with Gasteiger partial charge in [-0.25, -0.2) is 0 Å². The van der Waals surface area contributed by atoms with Gasteiger partial charge in [-0.2, -0.15) is 10.2 Å². The van der Waals surface area contributed by atoms with Crippen molar-refractivity contribution in [3.8, 4) is 11.5 Å². The molecule has 2 aromatic carbocycles. The van der Waals surface area contributed by atoms with Gasteiger partial charge in [-0.05, 0) is 47.5 Å². The van der Waals surface area contributed by atoms with Crippen molar-refractivity contribution in [1.82, 2.24) is 19.6 Å². The highest BCUT2D eigenvalue weighted by Gasteiger charge is 2.19. The summed E-state index contributed by atoms with van der Waals surface area (Å²) in [6, 6.07) is 18.9. The Morgan fingerprint density at radius 2 is 1.10 bits per heavy atom. The van der Waals surface area contributed by atoms with Crippen molar-refractivity contribution in [2.24, 2.45) is 0 Å². The Morgan fingerprint density at radius 3 is 1.47 bits per heavy atom. The Bertz CT molecular complexity index is 1040. The maximum atomic E-state index is 13.2. The first kappa shape index (κ1) is 19.4. The molecule has 0 amide bonds. The van der Waals surface area contributed by atoms with E-state index in [2.05, 4.69) is 10.2 Å². The van der Waals surface area contributed by atoms with Crippen LogP contribution in [0.25, 0.3) is 0 Å². The third kappa shape index (κ3) is 4.10. The third-order valence-electron chi connectivity index (χ3n) is 4.88. The Kier molecular flexibility index (Phi) is 5.61. The fourth-order valence-electron chi connectivity index (χ4n) is 3.24. The molecule has 0 saturated carbocycles. The van der Waals surface area contributed by atoms with Crippen molar-refractivity contribution in [2.45, 2.75) is 13.1 Å². The average molecular weight is 402 g/mol. The summed E-state index contributed by atoms with van der Waals surface area (Å²) < 4.78 is 13.8. The molecule has 2 heterocycles. The first-order chi connectivity index (χ1) is 14.7. The second-order valence-electron chi connectivity index (χ2n) is 6.77. The van der Waals surface area contributed by atoms with Crippen LogP contribution in [0.2, 0.25) is 0 Å². The molecular weight excluding hydrogens is 380 g/mol. The highest BCUT2D eigenvalue weighted by molar-refractivity contribution is 6.06. The van der Waals surface area contributed by atoms with E-state index in [1.807, 2.05) is 48.5 Å². The SMILES string of the molecule is COc1ccc(Cn2nccc2C(=O)c2ccnn2Cc2ccc(OC)cc2)cc1. The molecule has 0 aliphatic heterocycles. The number of methoxy groups -OCH3 is 2. The molecule has 0 saturated heterocycles. The van der Waals surface area contributed by atoms with Gasteiger partial charge in [-0.1, -0.05) is 24.3 Å². The summed E-state index contributed by atoms with van der Waals surface area (Å²) in [7, 11) is 3.27. The van der Waals surface area contributed by atoms with Gasteiger partial charge in [-0.15, -0.1) is 0 Å². The van der Waals surface area contributed by atoms with Crippen molar-refractivity contribution in [3.05, 3.63) is 95.6 Å². The quantitative estimate of drug-likeness (QED) is 0.422. The van der Waals surface area contributed by atoms with Gasteiger partial charge in [0.1, 0.15) is 22.9 Å². The molecule has 0 radical (unpaired) electrons. The zero-order chi connectivity index (χ0) is 20.9. The maximum Gasteiger partial charge on any atom is 0.229 e. The van der Waals surface area contributed by atoms with Gasteiger partial charge >= 0.3 is 0 Å². The van der Waals surface area contributed by atoms with Crippen LogP contribution in [0.3, 0.4) is 0 Å². The van der Waals surface area contributed by atoms with Crippen LogP contribution in [-0.2, 0) is 13.1 Å². The Hall–Kier alpha value is -3.87. The van der Waals surface area contributed by atoms with Gasteiger partial charge in [-0.3, -0.25) is 14.2 Å². The summed E-state index contributed by atoms with van der Waals surface area (Å²) in [5.74, 6) is 1.46. The molecule has 30 heavy (non-hydrogen) atoms. The predicted molar refractivity (Wildman–Crippen MR) is 112 cm³/mol. The lowest BCUT2D eigenvalue weighted by Gasteiger charge is -2.10. The molecule has 0 atom stereocenters. The van der Waals surface area contributed by atoms with Gasteiger partial charge < -0.3 is 9.47 Å². The first-order valence-electron chi connectivity index (χ1n) is 9.52. The summed E-state index contributed by atoms with van der Waals surface area (Å²) in [6.45, 7) is 0.982. The molecule has 0 aliphatic rings. The topological polar surface area (TPSA) is 71.2 Å². The summed E-state index contributed by atoms with van der Waals surface area (Å²) in [5, 5.41) is 8.68. The van der Waals surface area contributed by atoms with Crippen molar-refractivity contribution < 1.29 is 14.3 Å². The molecule has 0 N–H and O–H groups in total. The van der Waals surface area contributed by atoms with E-state index in [-0.39, 0.29) is 5.78 Å². The van der Waals surface area contributed by atoms with E-state index >= 15 is 0 Å². The number of ether oxygens (including phenoxy) is 2. The van der Waals surface area contributed by atoms with E-state index in [1.165, 1.54) is 0 Å². The summed E-state index contributed by atoms with van der Waals surface area (Å²) in [5.41, 5.74) is 3.09. The zero-order valence-electron chi connectivity index (χ0n) is 16.9. The van der Waals surface area contributed by atoms with Gasteiger partial charge in [0.05, 0.1) is 27.3 Å². The van der Waals surface area contributed by atoms with Gasteiger partial charge in [0, 0.05) is 12.4 Å². The molecule has 4 aromatic rings. The van der Waals surface area contributed by atoms with Crippen molar-refractivity contribution in [1.29, 1.82) is 0 Å². The lowest BCUT2D eigenvalue weighted by molar-refractivity contribution is 0.102. The smallest absolute Gasteiger partial charge is 0.229 e. The summed E-state index contributed by atoms with van der Waals surface area (Å²) in [4.78, 5) is 13.2. The van der Waals surface area contributed by atoms with Crippen LogP contribution in [0.15, 0.2) is 73.1 Å².